The minimum Gasteiger partial charge on any atom is -0.481 e. The average Bonchev–Trinajstić information content (AvgIpc) is 2.63. The number of benzene rings is 1. The van der Waals surface area contributed by atoms with Crippen molar-refractivity contribution in [3.8, 4) is 23.1 Å². The van der Waals surface area contributed by atoms with Gasteiger partial charge in [0.1, 0.15) is 0 Å². The molecule has 5 heteroatoms. The predicted octanol–water partition coefficient (Wildman–Crippen LogP) is 3.77. The van der Waals surface area contributed by atoms with Crippen LogP contribution in [0.25, 0.3) is 11.1 Å². The molecule has 23 heavy (non-hydrogen) atoms. The Kier molecular flexibility index (Phi) is 4.16. The summed E-state index contributed by atoms with van der Waals surface area (Å²) >= 11 is 0. The van der Waals surface area contributed by atoms with Crippen LogP contribution in [0, 0.1) is 11.3 Å². The molecule has 3 aromatic rings. The van der Waals surface area contributed by atoms with Crippen molar-refractivity contribution >= 4 is 11.4 Å². The first-order valence-electron chi connectivity index (χ1n) is 7.01. The third-order valence-electron chi connectivity index (χ3n) is 3.32. The molecule has 0 bridgehead atoms. The summed E-state index contributed by atoms with van der Waals surface area (Å²) in [6, 6.07) is 15.1. The fourth-order valence-corrected chi connectivity index (χ4v) is 2.13. The van der Waals surface area contributed by atoms with Gasteiger partial charge >= 0.3 is 0 Å². The van der Waals surface area contributed by atoms with E-state index >= 15 is 0 Å². The Morgan fingerprint density at radius 3 is 2.43 bits per heavy atom. The largest absolute Gasteiger partial charge is 0.481 e. The summed E-state index contributed by atoms with van der Waals surface area (Å²) in [6.07, 6.45) is 5.29. The van der Waals surface area contributed by atoms with Crippen LogP contribution in [0.3, 0.4) is 0 Å². The molecule has 1 aromatic carbocycles. The lowest BCUT2D eigenvalue weighted by molar-refractivity contribution is 0.398. The van der Waals surface area contributed by atoms with Gasteiger partial charge < -0.3 is 10.1 Å². The molecule has 1 N–H and O–H groups in total. The van der Waals surface area contributed by atoms with Gasteiger partial charge in [0.25, 0.3) is 0 Å². The van der Waals surface area contributed by atoms with Gasteiger partial charge in [-0.2, -0.15) is 5.26 Å². The van der Waals surface area contributed by atoms with Crippen molar-refractivity contribution in [2.24, 2.45) is 0 Å². The Labute approximate surface area is 134 Å². The molecule has 5 nitrogen and oxygen atoms in total. The standard InChI is InChI=1S/C18H14N4O/c1-23-18-7-4-14(11-21-18)15-8-17(12-20-10-15)22-16-5-2-13(9-19)3-6-16/h2-8,10-12,22H,1H3. The lowest BCUT2D eigenvalue weighted by Crippen LogP contribution is -1.93. The van der Waals surface area contributed by atoms with Crippen molar-refractivity contribution in [1.82, 2.24) is 9.97 Å². The topological polar surface area (TPSA) is 70.8 Å². The molecular formula is C18H14N4O. The highest BCUT2D eigenvalue weighted by molar-refractivity contribution is 5.69. The summed E-state index contributed by atoms with van der Waals surface area (Å²) in [5, 5.41) is 12.1. The molecule has 0 aliphatic rings. The Morgan fingerprint density at radius 1 is 0.957 bits per heavy atom. The van der Waals surface area contributed by atoms with Crippen LogP contribution in [0.5, 0.6) is 5.88 Å². The van der Waals surface area contributed by atoms with Crippen LogP contribution in [0.1, 0.15) is 5.56 Å². The molecule has 0 saturated heterocycles. The molecule has 0 saturated carbocycles. The van der Waals surface area contributed by atoms with E-state index in [1.807, 2.05) is 30.3 Å². The van der Waals surface area contributed by atoms with Crippen LogP contribution < -0.4 is 10.1 Å². The average molecular weight is 302 g/mol. The van der Waals surface area contributed by atoms with Crippen molar-refractivity contribution in [2.75, 3.05) is 12.4 Å². The normalized spacial score (nSPS) is 9.91. The lowest BCUT2D eigenvalue weighted by atomic mass is 10.1. The smallest absolute Gasteiger partial charge is 0.212 e. The molecule has 2 heterocycles. The van der Waals surface area contributed by atoms with Crippen molar-refractivity contribution in [3.05, 3.63) is 66.6 Å². The lowest BCUT2D eigenvalue weighted by Gasteiger charge is -2.08. The van der Waals surface area contributed by atoms with Gasteiger partial charge in [-0.25, -0.2) is 4.98 Å². The molecule has 2 aromatic heterocycles. The van der Waals surface area contributed by atoms with Gasteiger partial charge in [0.2, 0.25) is 5.88 Å². The van der Waals surface area contributed by atoms with Crippen LogP contribution in [0.15, 0.2) is 61.1 Å². The van der Waals surface area contributed by atoms with E-state index < -0.39 is 0 Å². The molecular weight excluding hydrogens is 288 g/mol. The Balaban J connectivity index is 1.82. The van der Waals surface area contributed by atoms with E-state index in [1.54, 1.807) is 37.8 Å². The molecule has 112 valence electrons. The second kappa shape index (κ2) is 6.58. The summed E-state index contributed by atoms with van der Waals surface area (Å²) in [5.41, 5.74) is 4.31. The first-order valence-corrected chi connectivity index (χ1v) is 7.01. The minimum absolute atomic E-state index is 0.577. The molecule has 0 fully saturated rings. The number of pyridine rings is 2. The van der Waals surface area contributed by atoms with Gasteiger partial charge in [-0.3, -0.25) is 4.98 Å². The number of nitrogens with zero attached hydrogens (tertiary/aromatic N) is 3. The number of nitriles is 1. The van der Waals surface area contributed by atoms with Crippen LogP contribution in [0.4, 0.5) is 11.4 Å². The molecule has 3 rings (SSSR count). The first kappa shape index (κ1) is 14.5. The van der Waals surface area contributed by atoms with Gasteiger partial charge in [-0.05, 0) is 36.4 Å². The van der Waals surface area contributed by atoms with Crippen molar-refractivity contribution in [1.29, 1.82) is 5.26 Å². The van der Waals surface area contributed by atoms with Gasteiger partial charge in [0.05, 0.1) is 30.6 Å². The second-order valence-corrected chi connectivity index (χ2v) is 4.87. The maximum atomic E-state index is 8.82. The maximum Gasteiger partial charge on any atom is 0.212 e. The van der Waals surface area contributed by atoms with Crippen molar-refractivity contribution < 1.29 is 4.74 Å². The zero-order chi connectivity index (χ0) is 16.1. The zero-order valence-corrected chi connectivity index (χ0v) is 12.5. The number of anilines is 2. The van der Waals surface area contributed by atoms with Crippen LogP contribution >= 0.6 is 0 Å². The number of rotatable bonds is 4. The second-order valence-electron chi connectivity index (χ2n) is 4.87. The number of methoxy groups -OCH3 is 1. The fraction of sp³-hybridized carbons (Fsp3) is 0.0556. The summed E-state index contributed by atoms with van der Waals surface area (Å²) in [4.78, 5) is 8.46. The monoisotopic (exact) mass is 302 g/mol. The van der Waals surface area contributed by atoms with Gasteiger partial charge in [-0.15, -0.1) is 0 Å². The molecule has 0 radical (unpaired) electrons. The first-order chi connectivity index (χ1) is 11.3. The molecule has 0 amide bonds. The van der Waals surface area contributed by atoms with E-state index in [0.717, 1.165) is 22.5 Å². The van der Waals surface area contributed by atoms with E-state index in [-0.39, 0.29) is 0 Å². The minimum atomic E-state index is 0.577. The molecule has 0 aliphatic heterocycles. The third kappa shape index (κ3) is 3.44. The summed E-state index contributed by atoms with van der Waals surface area (Å²) < 4.78 is 5.06. The maximum absolute atomic E-state index is 8.82. The summed E-state index contributed by atoms with van der Waals surface area (Å²) in [6.45, 7) is 0. The number of hydrogen-bond donors (Lipinski definition) is 1. The highest BCUT2D eigenvalue weighted by atomic mass is 16.5. The quantitative estimate of drug-likeness (QED) is 0.794. The van der Waals surface area contributed by atoms with Crippen LogP contribution in [-0.2, 0) is 0 Å². The zero-order valence-electron chi connectivity index (χ0n) is 12.5. The highest BCUT2D eigenvalue weighted by Gasteiger charge is 2.02. The van der Waals surface area contributed by atoms with Gasteiger partial charge in [0, 0.05) is 35.3 Å². The van der Waals surface area contributed by atoms with Gasteiger partial charge in [-0.1, -0.05) is 0 Å². The molecule has 0 aliphatic carbocycles. The fourth-order valence-electron chi connectivity index (χ4n) is 2.13. The molecule has 0 spiro atoms. The van der Waals surface area contributed by atoms with E-state index in [0.29, 0.717) is 11.4 Å². The number of nitrogens with one attached hydrogen (secondary N) is 1. The molecule has 0 unspecified atom stereocenters. The van der Waals surface area contributed by atoms with Gasteiger partial charge in [0.15, 0.2) is 0 Å². The Hall–Kier alpha value is -3.39. The van der Waals surface area contributed by atoms with Crippen LogP contribution in [0.2, 0.25) is 0 Å². The number of hydrogen-bond acceptors (Lipinski definition) is 5. The number of ether oxygens (including phenoxy) is 1. The number of aromatic nitrogens is 2. The Bertz CT molecular complexity index is 836. The van der Waals surface area contributed by atoms with E-state index in [1.165, 1.54) is 0 Å². The predicted molar refractivity (Wildman–Crippen MR) is 88.5 cm³/mol. The van der Waals surface area contributed by atoms with Crippen molar-refractivity contribution in [2.45, 2.75) is 0 Å². The van der Waals surface area contributed by atoms with E-state index in [9.17, 15) is 0 Å². The summed E-state index contributed by atoms with van der Waals surface area (Å²) in [7, 11) is 1.59. The SMILES string of the molecule is COc1ccc(-c2cncc(Nc3ccc(C#N)cc3)c2)cn1. The Morgan fingerprint density at radius 2 is 1.78 bits per heavy atom. The van der Waals surface area contributed by atoms with E-state index in [4.69, 9.17) is 10.00 Å². The summed E-state index contributed by atoms with van der Waals surface area (Å²) in [5.74, 6) is 0.577. The van der Waals surface area contributed by atoms with Crippen molar-refractivity contribution in [3.63, 3.8) is 0 Å². The third-order valence-corrected chi connectivity index (χ3v) is 3.32. The van der Waals surface area contributed by atoms with Crippen LogP contribution in [-0.4, -0.2) is 17.1 Å². The highest BCUT2D eigenvalue weighted by Crippen LogP contribution is 2.24. The van der Waals surface area contributed by atoms with E-state index in [2.05, 4.69) is 21.4 Å². The molecule has 0 atom stereocenters.